The van der Waals surface area contributed by atoms with Crippen LogP contribution in [0.4, 0.5) is 23.0 Å². The maximum Gasteiger partial charge on any atom is 0.280 e. The number of carbonyl (C=O) groups is 1. The minimum absolute atomic E-state index is 0.310. The van der Waals surface area contributed by atoms with E-state index in [0.29, 0.717) is 35.4 Å². The molecule has 34 heavy (non-hydrogen) atoms. The molecule has 0 aliphatic rings. The van der Waals surface area contributed by atoms with Crippen molar-refractivity contribution in [2.45, 2.75) is 13.8 Å². The van der Waals surface area contributed by atoms with Gasteiger partial charge in [0.2, 0.25) is 0 Å². The number of aromatic nitrogens is 2. The quantitative estimate of drug-likeness (QED) is 0.287. The van der Waals surface area contributed by atoms with Crippen molar-refractivity contribution >= 4 is 40.5 Å². The number of ether oxygens (including phenoxy) is 2. The molecule has 0 saturated heterocycles. The molecule has 0 amide bonds. The first-order chi connectivity index (χ1) is 16.6. The van der Waals surface area contributed by atoms with Crippen LogP contribution >= 0.6 is 11.6 Å². The molecule has 8 heteroatoms. The van der Waals surface area contributed by atoms with Crippen molar-refractivity contribution in [1.29, 1.82) is 0 Å². The third-order valence-corrected chi connectivity index (χ3v) is 5.08. The molecular weight excluding hydrogens is 452 g/mol. The van der Waals surface area contributed by atoms with Crippen molar-refractivity contribution in [2.75, 3.05) is 23.8 Å². The molecule has 1 aromatic heterocycles. The fraction of sp³-hybridized carbons (Fsp3) is 0.154. The number of carbonyl (C=O) groups excluding carboxylic acids is 1. The number of nitrogens with one attached hydrogen (secondary N) is 2. The SMILES string of the molecule is CCOc1ccc(Nc2cc(Nc3ccc(OCC)cc3)n(C(=O)c3cccc(Cl)c3)n2)cc1. The van der Waals surface area contributed by atoms with Gasteiger partial charge in [-0.05, 0) is 80.6 Å². The van der Waals surface area contributed by atoms with Gasteiger partial charge in [-0.2, -0.15) is 4.68 Å². The highest BCUT2D eigenvalue weighted by Gasteiger charge is 2.17. The Hall–Kier alpha value is -3.97. The first-order valence-electron chi connectivity index (χ1n) is 11.0. The van der Waals surface area contributed by atoms with Crippen molar-refractivity contribution in [1.82, 2.24) is 9.78 Å². The maximum absolute atomic E-state index is 13.3. The Morgan fingerprint density at radius 2 is 1.44 bits per heavy atom. The van der Waals surface area contributed by atoms with Crippen LogP contribution in [-0.2, 0) is 0 Å². The Labute approximate surface area is 203 Å². The maximum atomic E-state index is 13.3. The summed E-state index contributed by atoms with van der Waals surface area (Å²) in [5.74, 6) is 2.26. The third-order valence-electron chi connectivity index (χ3n) is 4.85. The van der Waals surface area contributed by atoms with E-state index in [4.69, 9.17) is 21.1 Å². The zero-order valence-corrected chi connectivity index (χ0v) is 19.7. The largest absolute Gasteiger partial charge is 0.494 e. The lowest BCUT2D eigenvalue weighted by Gasteiger charge is -2.10. The van der Waals surface area contributed by atoms with Crippen LogP contribution in [0.15, 0.2) is 78.9 Å². The van der Waals surface area contributed by atoms with Crippen molar-refractivity contribution in [3.63, 3.8) is 0 Å². The number of benzene rings is 3. The highest BCUT2D eigenvalue weighted by molar-refractivity contribution is 6.31. The summed E-state index contributed by atoms with van der Waals surface area (Å²) in [6, 6.07) is 23.6. The summed E-state index contributed by atoms with van der Waals surface area (Å²) in [4.78, 5) is 13.3. The Balaban J connectivity index is 1.63. The lowest BCUT2D eigenvalue weighted by atomic mass is 10.2. The molecule has 2 N–H and O–H groups in total. The summed E-state index contributed by atoms with van der Waals surface area (Å²) < 4.78 is 12.3. The summed E-state index contributed by atoms with van der Waals surface area (Å²) in [6.45, 7) is 5.07. The van der Waals surface area contributed by atoms with Gasteiger partial charge in [0, 0.05) is 28.0 Å². The van der Waals surface area contributed by atoms with E-state index in [1.807, 2.05) is 62.4 Å². The van der Waals surface area contributed by atoms with Gasteiger partial charge in [-0.25, -0.2) is 0 Å². The summed E-state index contributed by atoms with van der Waals surface area (Å²) in [6.07, 6.45) is 0. The number of halogens is 1. The van der Waals surface area contributed by atoms with E-state index in [1.54, 1.807) is 30.3 Å². The number of nitrogens with zero attached hydrogens (tertiary/aromatic N) is 2. The number of hydrogen-bond acceptors (Lipinski definition) is 6. The van der Waals surface area contributed by atoms with Gasteiger partial charge in [0.05, 0.1) is 13.2 Å². The average Bonchev–Trinajstić information content (AvgIpc) is 3.23. The Bertz CT molecular complexity index is 1250. The van der Waals surface area contributed by atoms with Gasteiger partial charge in [0.1, 0.15) is 17.3 Å². The molecule has 4 aromatic rings. The van der Waals surface area contributed by atoms with Gasteiger partial charge >= 0.3 is 0 Å². The van der Waals surface area contributed by atoms with Crippen molar-refractivity contribution < 1.29 is 14.3 Å². The van der Waals surface area contributed by atoms with Crippen molar-refractivity contribution in [3.05, 3.63) is 89.4 Å². The van der Waals surface area contributed by atoms with Gasteiger partial charge in [-0.3, -0.25) is 4.79 Å². The van der Waals surface area contributed by atoms with E-state index < -0.39 is 0 Å². The van der Waals surface area contributed by atoms with Crippen LogP contribution in [0.25, 0.3) is 0 Å². The van der Waals surface area contributed by atoms with Crippen LogP contribution in [0.5, 0.6) is 11.5 Å². The molecule has 0 aliphatic heterocycles. The summed E-state index contributed by atoms with van der Waals surface area (Å²) in [7, 11) is 0. The van der Waals surface area contributed by atoms with E-state index in [2.05, 4.69) is 15.7 Å². The van der Waals surface area contributed by atoms with Gasteiger partial charge in [0.15, 0.2) is 5.82 Å². The van der Waals surface area contributed by atoms with Crippen LogP contribution in [0.1, 0.15) is 24.2 Å². The minimum atomic E-state index is -0.310. The fourth-order valence-electron chi connectivity index (χ4n) is 3.33. The normalized spacial score (nSPS) is 10.6. The highest BCUT2D eigenvalue weighted by Crippen LogP contribution is 2.26. The summed E-state index contributed by atoms with van der Waals surface area (Å²) in [5, 5.41) is 11.5. The molecule has 7 nitrogen and oxygen atoms in total. The molecule has 0 spiro atoms. The molecule has 1 heterocycles. The summed E-state index contributed by atoms with van der Waals surface area (Å²) >= 11 is 6.10. The van der Waals surface area contributed by atoms with Crippen LogP contribution in [0.3, 0.4) is 0 Å². The highest BCUT2D eigenvalue weighted by atomic mass is 35.5. The van der Waals surface area contributed by atoms with E-state index in [1.165, 1.54) is 4.68 Å². The molecule has 0 unspecified atom stereocenters. The van der Waals surface area contributed by atoms with E-state index in [9.17, 15) is 4.79 Å². The first-order valence-corrected chi connectivity index (χ1v) is 11.3. The lowest BCUT2D eigenvalue weighted by Crippen LogP contribution is -2.16. The first kappa shape index (κ1) is 23.2. The van der Waals surface area contributed by atoms with E-state index >= 15 is 0 Å². The average molecular weight is 477 g/mol. The topological polar surface area (TPSA) is 77.4 Å². The molecular formula is C26H25ClN4O3. The second-order valence-corrected chi connectivity index (χ2v) is 7.74. The smallest absolute Gasteiger partial charge is 0.280 e. The van der Waals surface area contributed by atoms with Crippen LogP contribution in [0.2, 0.25) is 5.02 Å². The second-order valence-electron chi connectivity index (χ2n) is 7.31. The second kappa shape index (κ2) is 10.8. The van der Waals surface area contributed by atoms with Crippen molar-refractivity contribution in [2.24, 2.45) is 0 Å². The van der Waals surface area contributed by atoms with Crippen LogP contribution in [-0.4, -0.2) is 28.9 Å². The molecule has 0 aliphatic carbocycles. The van der Waals surface area contributed by atoms with Crippen LogP contribution in [0, 0.1) is 0 Å². The van der Waals surface area contributed by atoms with Gasteiger partial charge in [-0.1, -0.05) is 17.7 Å². The van der Waals surface area contributed by atoms with Gasteiger partial charge < -0.3 is 20.1 Å². The van der Waals surface area contributed by atoms with Gasteiger partial charge in [0.25, 0.3) is 5.91 Å². The van der Waals surface area contributed by atoms with E-state index in [-0.39, 0.29) is 5.91 Å². The predicted molar refractivity (Wildman–Crippen MR) is 135 cm³/mol. The molecule has 0 fully saturated rings. The monoisotopic (exact) mass is 476 g/mol. The van der Waals surface area contributed by atoms with Gasteiger partial charge in [-0.15, -0.1) is 5.10 Å². The Kier molecular flexibility index (Phi) is 7.34. The van der Waals surface area contributed by atoms with Crippen LogP contribution < -0.4 is 20.1 Å². The summed E-state index contributed by atoms with van der Waals surface area (Å²) in [5.41, 5.74) is 2.03. The van der Waals surface area contributed by atoms with E-state index in [0.717, 1.165) is 22.9 Å². The zero-order valence-electron chi connectivity index (χ0n) is 18.9. The number of anilines is 4. The fourth-order valence-corrected chi connectivity index (χ4v) is 3.52. The molecule has 4 rings (SSSR count). The minimum Gasteiger partial charge on any atom is -0.494 e. The standard InChI is InChI=1S/C26H25ClN4O3/c1-3-33-22-12-8-20(9-13-22)28-24-17-25(29-21-10-14-23(15-11-21)34-4-2)31(30-24)26(32)18-6-5-7-19(27)16-18/h5-17,29H,3-4H2,1-2H3,(H,28,30). The third kappa shape index (κ3) is 5.68. The number of rotatable bonds is 9. The Morgan fingerprint density at radius 3 is 2.00 bits per heavy atom. The lowest BCUT2D eigenvalue weighted by molar-refractivity contribution is 0.0948. The molecule has 0 bridgehead atoms. The molecule has 0 radical (unpaired) electrons. The number of hydrogen-bond donors (Lipinski definition) is 2. The predicted octanol–water partition coefficient (Wildman–Crippen LogP) is 6.51. The Morgan fingerprint density at radius 1 is 0.853 bits per heavy atom. The zero-order chi connectivity index (χ0) is 23.9. The molecule has 3 aromatic carbocycles. The molecule has 0 atom stereocenters. The molecule has 0 saturated carbocycles. The van der Waals surface area contributed by atoms with Crippen molar-refractivity contribution in [3.8, 4) is 11.5 Å². The molecule has 174 valence electrons.